The lowest BCUT2D eigenvalue weighted by Gasteiger charge is -2.36. The molecule has 1 aromatic rings. The lowest BCUT2D eigenvalue weighted by atomic mass is 9.93. The Bertz CT molecular complexity index is 1010. The lowest BCUT2D eigenvalue weighted by molar-refractivity contribution is -0.143. The zero-order chi connectivity index (χ0) is 29.9. The molecule has 0 radical (unpaired) electrons. The maximum absolute atomic E-state index is 14.2. The summed E-state index contributed by atoms with van der Waals surface area (Å²) in [5.41, 5.74) is 7.46. The monoisotopic (exact) mass is 558 g/mol. The first-order valence-electron chi connectivity index (χ1n) is 14.8. The molecule has 1 aliphatic rings. The van der Waals surface area contributed by atoms with Crippen LogP contribution in [0.1, 0.15) is 115 Å². The lowest BCUT2D eigenvalue weighted by Crippen LogP contribution is -2.54. The van der Waals surface area contributed by atoms with E-state index in [9.17, 15) is 19.2 Å². The van der Waals surface area contributed by atoms with Crippen molar-refractivity contribution in [2.45, 2.75) is 129 Å². The van der Waals surface area contributed by atoms with E-state index in [1.807, 2.05) is 32.0 Å². The number of nitrogens with zero attached hydrogens (tertiary/aromatic N) is 1. The van der Waals surface area contributed by atoms with Gasteiger partial charge in [0, 0.05) is 19.0 Å². The van der Waals surface area contributed by atoms with Crippen LogP contribution in [0.2, 0.25) is 0 Å². The van der Waals surface area contributed by atoms with Crippen molar-refractivity contribution < 1.29 is 23.9 Å². The van der Waals surface area contributed by atoms with Gasteiger partial charge in [0.2, 0.25) is 17.7 Å². The van der Waals surface area contributed by atoms with Crippen molar-refractivity contribution in [1.29, 1.82) is 0 Å². The summed E-state index contributed by atoms with van der Waals surface area (Å²) in [4.78, 5) is 54.2. The van der Waals surface area contributed by atoms with Gasteiger partial charge in [-0.25, -0.2) is 4.79 Å². The van der Waals surface area contributed by atoms with Crippen molar-refractivity contribution in [3.8, 4) is 0 Å². The third-order valence-electron chi connectivity index (χ3n) is 7.31. The molecule has 1 aliphatic carbocycles. The molecule has 1 saturated carbocycles. The highest BCUT2D eigenvalue weighted by Gasteiger charge is 2.37. The van der Waals surface area contributed by atoms with Crippen LogP contribution in [0, 0.1) is 13.8 Å². The number of ether oxygens (including phenoxy) is 1. The van der Waals surface area contributed by atoms with E-state index in [0.717, 1.165) is 56.1 Å². The van der Waals surface area contributed by atoms with Crippen molar-refractivity contribution in [3.05, 3.63) is 34.9 Å². The Labute approximate surface area is 240 Å². The van der Waals surface area contributed by atoms with Crippen molar-refractivity contribution in [2.75, 3.05) is 6.54 Å². The van der Waals surface area contributed by atoms with Crippen LogP contribution >= 0.6 is 0 Å². The highest BCUT2D eigenvalue weighted by atomic mass is 16.6. The number of alkyl carbamates (subject to hydrolysis) is 1. The van der Waals surface area contributed by atoms with Crippen LogP contribution in [0.4, 0.5) is 4.79 Å². The SMILES string of the molecule is CCCCCN(C(=O)C(CCC(N)=O)NC(=O)OC(C)(C)C)C(C(=O)NC1CCCCC1)c1ccc(C)c(C)c1. The summed E-state index contributed by atoms with van der Waals surface area (Å²) in [6, 6.07) is 3.91. The standard InChI is InChI=1S/C31H50N4O5/c1-7-8-12-19-35(29(38)25(17-18-26(32)36)34-30(39)40-31(4,5)6)27(23-16-15-21(2)22(3)20-23)28(37)33-24-13-10-9-11-14-24/h15-16,20,24-25,27H,7-14,17-19H2,1-6H3,(H2,32,36)(H,33,37)(H,34,39). The first-order valence-corrected chi connectivity index (χ1v) is 14.8. The van der Waals surface area contributed by atoms with Crippen molar-refractivity contribution >= 4 is 23.8 Å². The number of carbonyl (C=O) groups is 4. The minimum Gasteiger partial charge on any atom is -0.444 e. The van der Waals surface area contributed by atoms with Crippen LogP contribution in [0.15, 0.2) is 18.2 Å². The van der Waals surface area contributed by atoms with Gasteiger partial charge in [0.1, 0.15) is 17.7 Å². The predicted octanol–water partition coefficient (Wildman–Crippen LogP) is 4.97. The van der Waals surface area contributed by atoms with Crippen molar-refractivity contribution in [1.82, 2.24) is 15.5 Å². The van der Waals surface area contributed by atoms with Gasteiger partial charge >= 0.3 is 6.09 Å². The van der Waals surface area contributed by atoms with Gasteiger partial charge in [-0.05, 0) is 77.0 Å². The first-order chi connectivity index (χ1) is 18.8. The van der Waals surface area contributed by atoms with Crippen LogP contribution in [-0.4, -0.2) is 52.9 Å². The van der Waals surface area contributed by atoms with Gasteiger partial charge < -0.3 is 26.0 Å². The number of primary amides is 1. The molecule has 0 aromatic heterocycles. The summed E-state index contributed by atoms with van der Waals surface area (Å²) in [6.07, 6.45) is 6.75. The number of hydrogen-bond donors (Lipinski definition) is 3. The number of rotatable bonds is 13. The topological polar surface area (TPSA) is 131 Å². The van der Waals surface area contributed by atoms with E-state index in [-0.39, 0.29) is 24.8 Å². The third-order valence-corrected chi connectivity index (χ3v) is 7.31. The average molecular weight is 559 g/mol. The van der Waals surface area contributed by atoms with Gasteiger partial charge in [0.15, 0.2) is 0 Å². The number of nitrogens with two attached hydrogens (primary N) is 1. The Balaban J connectivity index is 2.50. The second-order valence-corrected chi connectivity index (χ2v) is 12.0. The van der Waals surface area contributed by atoms with Crippen LogP contribution < -0.4 is 16.4 Å². The van der Waals surface area contributed by atoms with Crippen LogP contribution in [-0.2, 0) is 19.1 Å². The average Bonchev–Trinajstić information content (AvgIpc) is 2.87. The summed E-state index contributed by atoms with van der Waals surface area (Å²) in [7, 11) is 0. The highest BCUT2D eigenvalue weighted by Crippen LogP contribution is 2.27. The van der Waals surface area contributed by atoms with Gasteiger partial charge in [-0.1, -0.05) is 57.2 Å². The summed E-state index contributed by atoms with van der Waals surface area (Å²) in [5, 5.41) is 5.87. The Hall–Kier alpha value is -3.10. The molecule has 224 valence electrons. The highest BCUT2D eigenvalue weighted by molar-refractivity contribution is 5.92. The van der Waals surface area contributed by atoms with E-state index in [1.54, 1.807) is 25.7 Å². The van der Waals surface area contributed by atoms with E-state index >= 15 is 0 Å². The van der Waals surface area contributed by atoms with Gasteiger partial charge in [-0.3, -0.25) is 14.4 Å². The molecule has 0 spiro atoms. The number of unbranched alkanes of at least 4 members (excludes halogenated alkanes) is 2. The predicted molar refractivity (Wildman–Crippen MR) is 156 cm³/mol. The summed E-state index contributed by atoms with van der Waals surface area (Å²) in [6.45, 7) is 11.6. The summed E-state index contributed by atoms with van der Waals surface area (Å²) < 4.78 is 5.41. The van der Waals surface area contributed by atoms with Gasteiger partial charge in [-0.2, -0.15) is 0 Å². The quantitative estimate of drug-likeness (QED) is 0.294. The zero-order valence-electron chi connectivity index (χ0n) is 25.3. The van der Waals surface area contributed by atoms with Crippen LogP contribution in [0.3, 0.4) is 0 Å². The van der Waals surface area contributed by atoms with E-state index in [4.69, 9.17) is 10.5 Å². The normalized spacial score (nSPS) is 15.6. The molecule has 40 heavy (non-hydrogen) atoms. The molecule has 0 bridgehead atoms. The molecular weight excluding hydrogens is 508 g/mol. The molecule has 9 nitrogen and oxygen atoms in total. The molecule has 1 fully saturated rings. The van der Waals surface area contributed by atoms with E-state index in [0.29, 0.717) is 18.5 Å². The summed E-state index contributed by atoms with van der Waals surface area (Å²) >= 11 is 0. The Morgan fingerprint density at radius 2 is 1.73 bits per heavy atom. The number of carbonyl (C=O) groups excluding carboxylic acids is 4. The molecule has 9 heteroatoms. The summed E-state index contributed by atoms with van der Waals surface area (Å²) in [5.74, 6) is -1.25. The second kappa shape index (κ2) is 15.6. The van der Waals surface area contributed by atoms with E-state index < -0.39 is 35.6 Å². The molecule has 0 saturated heterocycles. The number of benzene rings is 1. The molecule has 4 amide bonds. The van der Waals surface area contributed by atoms with Gasteiger partial charge in [0.05, 0.1) is 0 Å². The maximum Gasteiger partial charge on any atom is 0.408 e. The van der Waals surface area contributed by atoms with E-state index in [1.165, 1.54) is 0 Å². The van der Waals surface area contributed by atoms with Gasteiger partial charge in [0.25, 0.3) is 0 Å². The second-order valence-electron chi connectivity index (χ2n) is 12.0. The Kier molecular flexibility index (Phi) is 12.9. The van der Waals surface area contributed by atoms with Crippen molar-refractivity contribution in [3.63, 3.8) is 0 Å². The number of amides is 4. The molecule has 2 unspecified atom stereocenters. The number of hydrogen-bond acceptors (Lipinski definition) is 5. The van der Waals surface area contributed by atoms with Crippen molar-refractivity contribution in [2.24, 2.45) is 5.73 Å². The van der Waals surface area contributed by atoms with E-state index in [2.05, 4.69) is 17.6 Å². The fraction of sp³-hybridized carbons (Fsp3) is 0.677. The Morgan fingerprint density at radius 1 is 1.05 bits per heavy atom. The maximum atomic E-state index is 14.2. The third kappa shape index (κ3) is 10.8. The molecule has 2 rings (SSSR count). The number of nitrogens with one attached hydrogen (secondary N) is 2. The fourth-order valence-electron chi connectivity index (χ4n) is 5.03. The van der Waals surface area contributed by atoms with Crippen LogP contribution in [0.5, 0.6) is 0 Å². The molecule has 1 aromatic carbocycles. The molecule has 2 atom stereocenters. The molecule has 0 aliphatic heterocycles. The largest absolute Gasteiger partial charge is 0.444 e. The minimum atomic E-state index is -1.08. The molecule has 0 heterocycles. The molecular formula is C31H50N4O5. The van der Waals surface area contributed by atoms with Crippen LogP contribution in [0.25, 0.3) is 0 Å². The fourth-order valence-corrected chi connectivity index (χ4v) is 5.03. The minimum absolute atomic E-state index is 0.00156. The Morgan fingerprint density at radius 3 is 2.30 bits per heavy atom. The number of aryl methyl sites for hydroxylation is 2. The first kappa shape index (κ1) is 33.1. The van der Waals surface area contributed by atoms with Gasteiger partial charge in [-0.15, -0.1) is 0 Å². The smallest absolute Gasteiger partial charge is 0.408 e. The molecule has 4 N–H and O–H groups in total. The zero-order valence-corrected chi connectivity index (χ0v) is 25.3.